The number of carbonyl (C=O) groups is 1. The van der Waals surface area contributed by atoms with Gasteiger partial charge >= 0.3 is 5.97 Å². The molecular formula is C14H12FNO5S. The largest absolute Gasteiger partial charge is 0.495 e. The molecule has 0 fully saturated rings. The van der Waals surface area contributed by atoms with Crippen LogP contribution in [0.4, 0.5) is 10.1 Å². The molecule has 22 heavy (non-hydrogen) atoms. The molecule has 0 aliphatic rings. The second-order valence-corrected chi connectivity index (χ2v) is 5.96. The number of halogens is 1. The molecule has 0 aromatic heterocycles. The van der Waals surface area contributed by atoms with E-state index in [-0.39, 0.29) is 21.9 Å². The van der Waals surface area contributed by atoms with Gasteiger partial charge in [-0.1, -0.05) is 0 Å². The van der Waals surface area contributed by atoms with Gasteiger partial charge < -0.3 is 9.84 Å². The summed E-state index contributed by atoms with van der Waals surface area (Å²) in [6.07, 6.45) is 0. The van der Waals surface area contributed by atoms with Crippen LogP contribution in [0.2, 0.25) is 0 Å². The minimum absolute atomic E-state index is 0.0216. The van der Waals surface area contributed by atoms with Crippen molar-refractivity contribution in [1.82, 2.24) is 0 Å². The van der Waals surface area contributed by atoms with E-state index >= 15 is 0 Å². The Kier molecular flexibility index (Phi) is 4.32. The van der Waals surface area contributed by atoms with Crippen molar-refractivity contribution in [3.05, 3.63) is 53.8 Å². The number of methoxy groups -OCH3 is 1. The zero-order valence-corrected chi connectivity index (χ0v) is 12.2. The first-order valence-corrected chi connectivity index (χ1v) is 7.51. The van der Waals surface area contributed by atoms with Gasteiger partial charge in [0.05, 0.1) is 23.3 Å². The van der Waals surface area contributed by atoms with Crippen molar-refractivity contribution in [3.8, 4) is 5.75 Å². The molecule has 6 nitrogen and oxygen atoms in total. The molecule has 0 amide bonds. The molecule has 0 heterocycles. The summed E-state index contributed by atoms with van der Waals surface area (Å²) in [5.74, 6) is -1.61. The minimum atomic E-state index is -3.99. The highest BCUT2D eigenvalue weighted by Crippen LogP contribution is 2.28. The van der Waals surface area contributed by atoms with Gasteiger partial charge in [-0.3, -0.25) is 4.72 Å². The monoisotopic (exact) mass is 325 g/mol. The van der Waals surface area contributed by atoms with Gasteiger partial charge in [-0.15, -0.1) is 0 Å². The quantitative estimate of drug-likeness (QED) is 0.880. The lowest BCUT2D eigenvalue weighted by molar-refractivity contribution is 0.0697. The maximum atomic E-state index is 12.9. The molecule has 8 heteroatoms. The molecule has 116 valence electrons. The van der Waals surface area contributed by atoms with Crippen molar-refractivity contribution in [2.45, 2.75) is 4.90 Å². The number of nitrogens with one attached hydrogen (secondary N) is 1. The van der Waals surface area contributed by atoms with Crippen LogP contribution in [0.1, 0.15) is 10.4 Å². The Labute approximate surface area is 126 Å². The van der Waals surface area contributed by atoms with E-state index in [0.29, 0.717) is 0 Å². The van der Waals surface area contributed by atoms with Crippen molar-refractivity contribution in [3.63, 3.8) is 0 Å². The molecule has 0 aliphatic heterocycles. The summed E-state index contributed by atoms with van der Waals surface area (Å²) < 4.78 is 44.5. The van der Waals surface area contributed by atoms with Crippen molar-refractivity contribution < 1.29 is 27.4 Å². The maximum Gasteiger partial charge on any atom is 0.335 e. The highest BCUT2D eigenvalue weighted by molar-refractivity contribution is 7.92. The molecule has 0 atom stereocenters. The van der Waals surface area contributed by atoms with Crippen LogP contribution in [-0.4, -0.2) is 26.6 Å². The predicted molar refractivity (Wildman–Crippen MR) is 77.2 cm³/mol. The summed E-state index contributed by atoms with van der Waals surface area (Å²) in [7, 11) is -2.67. The van der Waals surface area contributed by atoms with Crippen LogP contribution in [0.5, 0.6) is 5.75 Å². The van der Waals surface area contributed by atoms with Crippen LogP contribution in [0.15, 0.2) is 47.4 Å². The standard InChI is InChI=1S/C14H12FNO5S/c1-21-13-7-2-9(14(17)18)8-12(13)16-22(19,20)11-5-3-10(15)4-6-11/h2-8,16H,1H3,(H,17,18). The molecule has 0 bridgehead atoms. The normalized spacial score (nSPS) is 11.0. The SMILES string of the molecule is COc1ccc(C(=O)O)cc1NS(=O)(=O)c1ccc(F)cc1. The second-order valence-electron chi connectivity index (χ2n) is 4.28. The smallest absolute Gasteiger partial charge is 0.335 e. The first-order chi connectivity index (χ1) is 10.3. The van der Waals surface area contributed by atoms with Gasteiger partial charge in [0.15, 0.2) is 0 Å². The number of sulfonamides is 1. The third-order valence-corrected chi connectivity index (χ3v) is 4.20. The van der Waals surface area contributed by atoms with Gasteiger partial charge in [0, 0.05) is 0 Å². The number of hydrogen-bond acceptors (Lipinski definition) is 4. The number of benzene rings is 2. The van der Waals surface area contributed by atoms with Gasteiger partial charge in [0.2, 0.25) is 0 Å². The van der Waals surface area contributed by atoms with Crippen molar-refractivity contribution in [2.24, 2.45) is 0 Å². The molecule has 0 aliphatic carbocycles. The average molecular weight is 325 g/mol. The number of ether oxygens (including phenoxy) is 1. The predicted octanol–water partition coefficient (Wildman–Crippen LogP) is 2.33. The van der Waals surface area contributed by atoms with E-state index in [1.165, 1.54) is 19.2 Å². The molecule has 0 saturated carbocycles. The van der Waals surface area contributed by atoms with E-state index < -0.39 is 21.8 Å². The lowest BCUT2D eigenvalue weighted by Crippen LogP contribution is -2.14. The molecule has 2 N–H and O–H groups in total. The van der Waals surface area contributed by atoms with E-state index in [4.69, 9.17) is 9.84 Å². The average Bonchev–Trinajstić information content (AvgIpc) is 2.47. The van der Waals surface area contributed by atoms with E-state index in [9.17, 15) is 17.6 Å². The number of carboxylic acid groups (broad SMARTS) is 1. The number of rotatable bonds is 5. The first kappa shape index (κ1) is 15.8. The van der Waals surface area contributed by atoms with Crippen LogP contribution < -0.4 is 9.46 Å². The fraction of sp³-hybridized carbons (Fsp3) is 0.0714. The second kappa shape index (κ2) is 6.02. The zero-order chi connectivity index (χ0) is 16.3. The van der Waals surface area contributed by atoms with E-state index in [1.54, 1.807) is 0 Å². The van der Waals surface area contributed by atoms with Gasteiger partial charge in [0.25, 0.3) is 10.0 Å². The molecular weight excluding hydrogens is 313 g/mol. The van der Waals surface area contributed by atoms with Crippen LogP contribution in [0.25, 0.3) is 0 Å². The van der Waals surface area contributed by atoms with Crippen LogP contribution in [0.3, 0.4) is 0 Å². The summed E-state index contributed by atoms with van der Waals surface area (Å²) in [5.41, 5.74) is -0.121. The highest BCUT2D eigenvalue weighted by atomic mass is 32.2. The van der Waals surface area contributed by atoms with Gasteiger partial charge in [-0.25, -0.2) is 17.6 Å². The molecule has 2 rings (SSSR count). The Balaban J connectivity index is 2.42. The molecule has 0 radical (unpaired) electrons. The van der Waals surface area contributed by atoms with Crippen LogP contribution >= 0.6 is 0 Å². The lowest BCUT2D eigenvalue weighted by Gasteiger charge is -2.12. The summed E-state index contributed by atoms with van der Waals surface area (Å²) in [6.45, 7) is 0. The van der Waals surface area contributed by atoms with Crippen molar-refractivity contribution in [2.75, 3.05) is 11.8 Å². The van der Waals surface area contributed by atoms with E-state index in [1.807, 2.05) is 0 Å². The third kappa shape index (κ3) is 3.34. The fourth-order valence-electron chi connectivity index (χ4n) is 1.74. The molecule has 0 saturated heterocycles. The topological polar surface area (TPSA) is 92.7 Å². The summed E-state index contributed by atoms with van der Waals surface area (Å²) in [5, 5.41) is 8.96. The van der Waals surface area contributed by atoms with Crippen LogP contribution in [0, 0.1) is 5.82 Å². The Bertz CT molecular complexity index is 802. The molecule has 0 unspecified atom stereocenters. The number of anilines is 1. The molecule has 2 aromatic carbocycles. The van der Waals surface area contributed by atoms with Crippen LogP contribution in [-0.2, 0) is 10.0 Å². The Morgan fingerprint density at radius 2 is 1.82 bits per heavy atom. The zero-order valence-electron chi connectivity index (χ0n) is 11.4. The van der Waals surface area contributed by atoms with Gasteiger partial charge in [0.1, 0.15) is 11.6 Å². The lowest BCUT2D eigenvalue weighted by atomic mass is 10.2. The Morgan fingerprint density at radius 3 is 2.36 bits per heavy atom. The maximum absolute atomic E-state index is 12.9. The minimum Gasteiger partial charge on any atom is -0.495 e. The van der Waals surface area contributed by atoms with E-state index in [2.05, 4.69) is 4.72 Å². The van der Waals surface area contributed by atoms with Crippen molar-refractivity contribution in [1.29, 1.82) is 0 Å². The Morgan fingerprint density at radius 1 is 1.18 bits per heavy atom. The summed E-state index contributed by atoms with van der Waals surface area (Å²) >= 11 is 0. The summed E-state index contributed by atoms with van der Waals surface area (Å²) in [4.78, 5) is 10.8. The summed E-state index contributed by atoms with van der Waals surface area (Å²) in [6, 6.07) is 8.00. The molecule has 0 spiro atoms. The number of hydrogen-bond donors (Lipinski definition) is 2. The third-order valence-electron chi connectivity index (χ3n) is 2.81. The highest BCUT2D eigenvalue weighted by Gasteiger charge is 2.18. The number of carboxylic acids is 1. The van der Waals surface area contributed by atoms with E-state index in [0.717, 1.165) is 30.3 Å². The van der Waals surface area contributed by atoms with Gasteiger partial charge in [-0.05, 0) is 42.5 Å². The Hall–Kier alpha value is -2.61. The number of aromatic carboxylic acids is 1. The fourth-order valence-corrected chi connectivity index (χ4v) is 2.80. The van der Waals surface area contributed by atoms with Crippen molar-refractivity contribution >= 4 is 21.7 Å². The first-order valence-electron chi connectivity index (χ1n) is 6.03. The van der Waals surface area contributed by atoms with Gasteiger partial charge in [-0.2, -0.15) is 0 Å². The molecule has 2 aromatic rings.